The number of likely N-dealkylation sites (tertiary alicyclic amines) is 1. The van der Waals surface area contributed by atoms with Crippen molar-refractivity contribution < 1.29 is 22.7 Å². The first-order chi connectivity index (χ1) is 23.9. The van der Waals surface area contributed by atoms with E-state index >= 15 is 0 Å². The van der Waals surface area contributed by atoms with E-state index in [1.807, 2.05) is 82.4 Å². The number of allylic oxidation sites excluding steroid dienone is 4. The number of nitrogens with zero attached hydrogens (tertiary/aromatic N) is 5. The number of aromatic amines is 1. The highest BCUT2D eigenvalue weighted by atomic mass is 32.2. The van der Waals surface area contributed by atoms with Crippen molar-refractivity contribution in [2.75, 3.05) is 18.8 Å². The molecule has 0 aliphatic carbocycles. The molecule has 0 aromatic carbocycles. The molecule has 1 unspecified atom stereocenters. The quantitative estimate of drug-likeness (QED) is 0.463. The first-order valence-corrected chi connectivity index (χ1v) is 18.6. The van der Waals surface area contributed by atoms with Gasteiger partial charge in [0.25, 0.3) is 0 Å². The third kappa shape index (κ3) is 7.14. The molecule has 0 spiro atoms. The Morgan fingerprint density at radius 2 is 1.74 bits per heavy atom. The molecule has 1 saturated heterocycles. The van der Waals surface area contributed by atoms with Gasteiger partial charge in [-0.2, -0.15) is 0 Å². The molecule has 0 saturated carbocycles. The van der Waals surface area contributed by atoms with Gasteiger partial charge in [-0.15, -0.1) is 0 Å². The Bertz CT molecular complexity index is 2170. The van der Waals surface area contributed by atoms with Crippen LogP contribution in [0.3, 0.4) is 0 Å². The minimum Gasteiger partial charge on any atom is -0.474 e. The van der Waals surface area contributed by atoms with Crippen molar-refractivity contribution in [3.05, 3.63) is 99.4 Å². The van der Waals surface area contributed by atoms with Gasteiger partial charge in [-0.05, 0) is 81.9 Å². The number of nitrogens with one attached hydrogen (secondary N) is 2. The zero-order valence-electron chi connectivity index (χ0n) is 28.6. The molecule has 1 atom stereocenters. The van der Waals surface area contributed by atoms with E-state index in [0.29, 0.717) is 73.1 Å². The van der Waals surface area contributed by atoms with Crippen LogP contribution < -0.4 is 20.8 Å². The van der Waals surface area contributed by atoms with E-state index in [-0.39, 0.29) is 22.9 Å². The topological polar surface area (TPSA) is 151 Å². The fourth-order valence-corrected chi connectivity index (χ4v) is 8.18. The van der Waals surface area contributed by atoms with Gasteiger partial charge < -0.3 is 24.7 Å². The number of ether oxygens (including phenoxy) is 2. The maximum absolute atomic E-state index is 13.9. The third-order valence-electron chi connectivity index (χ3n) is 8.80. The van der Waals surface area contributed by atoms with Crippen LogP contribution in [0.5, 0.6) is 5.88 Å². The largest absolute Gasteiger partial charge is 0.474 e. The number of hydrogen-bond donors (Lipinski definition) is 2. The Labute approximate surface area is 291 Å². The molecule has 50 heavy (non-hydrogen) atoms. The van der Waals surface area contributed by atoms with Crippen molar-refractivity contribution >= 4 is 39.5 Å². The molecule has 5 aliphatic rings. The number of sulfone groups is 1. The molecule has 260 valence electrons. The van der Waals surface area contributed by atoms with Gasteiger partial charge in [0, 0.05) is 49.1 Å². The Hall–Kier alpha value is -5.04. The smallest absolute Gasteiger partial charge is 0.410 e. The summed E-state index contributed by atoms with van der Waals surface area (Å²) in [5.74, 6) is 0.370. The van der Waals surface area contributed by atoms with Crippen LogP contribution >= 0.6 is 0 Å². The Kier molecular flexibility index (Phi) is 8.71. The van der Waals surface area contributed by atoms with E-state index in [4.69, 9.17) is 19.5 Å². The number of hydrogen-bond acceptors (Lipinski definition) is 10. The monoisotopic (exact) mass is 695 g/mol. The predicted molar refractivity (Wildman–Crippen MR) is 192 cm³/mol. The zero-order chi connectivity index (χ0) is 35.1. The first kappa shape index (κ1) is 33.5. The van der Waals surface area contributed by atoms with Crippen molar-refractivity contribution in [2.24, 2.45) is 9.98 Å². The van der Waals surface area contributed by atoms with Gasteiger partial charge in [-0.3, -0.25) is 0 Å². The summed E-state index contributed by atoms with van der Waals surface area (Å²) in [6.45, 7) is 8.43. The van der Waals surface area contributed by atoms with Gasteiger partial charge in [0.05, 0.1) is 40.0 Å². The molecule has 2 N–H and O–H groups in total. The molecule has 7 rings (SSSR count). The maximum atomic E-state index is 13.9. The molecule has 2 aromatic rings. The third-order valence-corrected chi connectivity index (χ3v) is 10.8. The van der Waals surface area contributed by atoms with E-state index in [1.54, 1.807) is 17.0 Å². The van der Waals surface area contributed by atoms with Crippen LogP contribution in [0.4, 0.5) is 4.79 Å². The molecule has 1 fully saturated rings. The number of rotatable bonds is 6. The lowest BCUT2D eigenvalue weighted by atomic mass is 9.91. The van der Waals surface area contributed by atoms with Crippen LogP contribution in [-0.2, 0) is 20.1 Å². The highest BCUT2D eigenvalue weighted by Gasteiger charge is 2.41. The first-order valence-electron chi connectivity index (χ1n) is 17.0. The summed E-state index contributed by atoms with van der Waals surface area (Å²) in [7, 11) is -3.73. The second-order valence-electron chi connectivity index (χ2n) is 13.9. The maximum Gasteiger partial charge on any atom is 0.410 e. The Balaban J connectivity index is 1.24. The van der Waals surface area contributed by atoms with Crippen LogP contribution in [0.15, 0.2) is 93.0 Å². The lowest BCUT2D eigenvalue weighted by molar-refractivity contribution is 0.0122. The molecule has 12 nitrogen and oxygen atoms in total. The molecule has 0 radical (unpaired) electrons. The van der Waals surface area contributed by atoms with Gasteiger partial charge in [0.2, 0.25) is 5.88 Å². The minimum absolute atomic E-state index is 0.0220. The second-order valence-corrected chi connectivity index (χ2v) is 16.0. The predicted octanol–water partition coefficient (Wildman–Crippen LogP) is 3.87. The van der Waals surface area contributed by atoms with E-state index in [9.17, 15) is 13.2 Å². The van der Waals surface area contributed by atoms with E-state index < -0.39 is 21.0 Å². The van der Waals surface area contributed by atoms with Crippen molar-refractivity contribution in [2.45, 2.75) is 70.6 Å². The van der Waals surface area contributed by atoms with Crippen LogP contribution in [-0.4, -0.2) is 76.3 Å². The fourth-order valence-electron chi connectivity index (χ4n) is 6.54. The zero-order valence-corrected chi connectivity index (χ0v) is 29.5. The summed E-state index contributed by atoms with van der Waals surface area (Å²) in [5, 5.41) is 5.29. The summed E-state index contributed by atoms with van der Waals surface area (Å²) in [5.41, 5.74) is 2.02. The number of fused-ring (bicyclic) bond motifs is 6. The van der Waals surface area contributed by atoms with Gasteiger partial charge in [0.1, 0.15) is 28.5 Å². The van der Waals surface area contributed by atoms with Gasteiger partial charge in [-0.1, -0.05) is 13.0 Å². The van der Waals surface area contributed by atoms with Crippen molar-refractivity contribution in [1.29, 1.82) is 0 Å². The van der Waals surface area contributed by atoms with Gasteiger partial charge in [0.15, 0.2) is 9.84 Å². The van der Waals surface area contributed by atoms with Gasteiger partial charge >= 0.3 is 6.09 Å². The molecule has 5 aliphatic heterocycles. The average molecular weight is 696 g/mol. The number of piperidine rings is 1. The number of carbonyl (C=O) groups excluding carboxylic acids is 1. The van der Waals surface area contributed by atoms with E-state index in [2.05, 4.69) is 20.3 Å². The molecule has 7 heterocycles. The summed E-state index contributed by atoms with van der Waals surface area (Å²) >= 11 is 0. The SMILES string of the molecule is CCCS(=O)(=O)C1=C2C=CC(=N2)C=c2ccc([nH]2)=CC2=NC(=CC3(c4cc(OC5CCN(C(=O)OC(C)(C)C)CC5)ncn4)CC=C1N3)C=C2. The summed E-state index contributed by atoms with van der Waals surface area (Å²) < 4.78 is 39.7. The van der Waals surface area contributed by atoms with E-state index in [1.165, 1.54) is 6.33 Å². The number of aliphatic imine (C=N–C) groups is 2. The normalized spacial score (nSPS) is 21.9. The minimum atomic E-state index is -3.73. The van der Waals surface area contributed by atoms with Gasteiger partial charge in [-0.25, -0.2) is 33.2 Å². The van der Waals surface area contributed by atoms with Crippen LogP contribution in [0.2, 0.25) is 0 Å². The Morgan fingerprint density at radius 3 is 2.46 bits per heavy atom. The standard InChI is InChI=1S/C37H41N7O5S/c1-5-18-50(46,47)34-30-11-10-27(42-30)20-25-7-6-24(40-25)19-26-8-9-28(41-26)22-37(15-12-31(34)43-37)32-21-33(39-23-38-32)48-29-13-16-44(17-14-29)35(45)49-36(2,3)4/h6-12,19-23,29,40,43H,5,13-18H2,1-4H3. The molecular formula is C37H41N7O5S. The lowest BCUT2D eigenvalue weighted by Crippen LogP contribution is -2.44. The molecule has 8 bridgehead atoms. The molecule has 2 aromatic heterocycles. The van der Waals surface area contributed by atoms with Crippen molar-refractivity contribution in [3.8, 4) is 5.88 Å². The number of H-pyrrole nitrogens is 1. The Morgan fingerprint density at radius 1 is 1.02 bits per heavy atom. The highest BCUT2D eigenvalue weighted by Crippen LogP contribution is 2.40. The summed E-state index contributed by atoms with van der Waals surface area (Å²) in [4.78, 5) is 36.5. The van der Waals surface area contributed by atoms with E-state index in [0.717, 1.165) is 16.4 Å². The van der Waals surface area contributed by atoms with Crippen LogP contribution in [0.1, 0.15) is 59.1 Å². The molecular weight excluding hydrogens is 655 g/mol. The lowest BCUT2D eigenvalue weighted by Gasteiger charge is -2.33. The molecule has 1 amide bonds. The van der Waals surface area contributed by atoms with Crippen LogP contribution in [0, 0.1) is 0 Å². The molecule has 13 heteroatoms. The number of aromatic nitrogens is 3. The number of carbonyl (C=O) groups is 1. The highest BCUT2D eigenvalue weighted by molar-refractivity contribution is 7.95. The second kappa shape index (κ2) is 13.0. The average Bonchev–Trinajstić information content (AvgIpc) is 3.87. The summed E-state index contributed by atoms with van der Waals surface area (Å²) in [6, 6.07) is 5.71. The fraction of sp³-hybridized carbons (Fsp3) is 0.378. The number of amides is 1. The summed E-state index contributed by atoms with van der Waals surface area (Å²) in [6.07, 6.45) is 18.3. The van der Waals surface area contributed by atoms with Crippen LogP contribution in [0.25, 0.3) is 12.2 Å². The van der Waals surface area contributed by atoms with Crippen molar-refractivity contribution in [1.82, 2.24) is 25.2 Å². The van der Waals surface area contributed by atoms with Crippen molar-refractivity contribution in [3.63, 3.8) is 0 Å².